The summed E-state index contributed by atoms with van der Waals surface area (Å²) >= 11 is 2.11. The molecule has 1 saturated carbocycles. The van der Waals surface area contributed by atoms with E-state index in [1.54, 1.807) is 0 Å². The van der Waals surface area contributed by atoms with Crippen LogP contribution in [0.3, 0.4) is 0 Å². The summed E-state index contributed by atoms with van der Waals surface area (Å²) in [6.45, 7) is 6.68. The Labute approximate surface area is 104 Å². The van der Waals surface area contributed by atoms with Gasteiger partial charge in [-0.2, -0.15) is 11.8 Å². The van der Waals surface area contributed by atoms with Crippen molar-refractivity contribution >= 4 is 11.8 Å². The van der Waals surface area contributed by atoms with Gasteiger partial charge in [0.25, 0.3) is 0 Å². The SMILES string of the molecule is CC(CNC1CCCC1)SC1CCOC1C. The van der Waals surface area contributed by atoms with Gasteiger partial charge in [0, 0.05) is 29.7 Å². The molecule has 1 heterocycles. The summed E-state index contributed by atoms with van der Waals surface area (Å²) < 4.78 is 5.60. The molecule has 0 radical (unpaired) electrons. The van der Waals surface area contributed by atoms with Gasteiger partial charge in [0.1, 0.15) is 0 Å². The van der Waals surface area contributed by atoms with Crippen LogP contribution < -0.4 is 5.32 Å². The average Bonchev–Trinajstić information content (AvgIpc) is 2.88. The van der Waals surface area contributed by atoms with E-state index in [0.717, 1.165) is 23.1 Å². The molecule has 0 bridgehead atoms. The lowest BCUT2D eigenvalue weighted by atomic mass is 10.2. The highest BCUT2D eigenvalue weighted by atomic mass is 32.2. The van der Waals surface area contributed by atoms with Gasteiger partial charge in [-0.15, -0.1) is 0 Å². The lowest BCUT2D eigenvalue weighted by Crippen LogP contribution is -2.32. The molecular formula is C13H25NOS. The Morgan fingerprint density at radius 3 is 2.69 bits per heavy atom. The summed E-state index contributed by atoms with van der Waals surface area (Å²) in [5.74, 6) is 0. The van der Waals surface area contributed by atoms with Crippen LogP contribution in [0.1, 0.15) is 46.0 Å². The van der Waals surface area contributed by atoms with Gasteiger partial charge in [-0.05, 0) is 26.2 Å². The second kappa shape index (κ2) is 6.27. The van der Waals surface area contributed by atoms with Gasteiger partial charge in [0.2, 0.25) is 0 Å². The van der Waals surface area contributed by atoms with Crippen LogP contribution in [0.25, 0.3) is 0 Å². The Bertz CT molecular complexity index is 206. The van der Waals surface area contributed by atoms with E-state index in [4.69, 9.17) is 4.74 Å². The summed E-state index contributed by atoms with van der Waals surface area (Å²) in [6.07, 6.45) is 7.32. The molecule has 94 valence electrons. The van der Waals surface area contributed by atoms with E-state index < -0.39 is 0 Å². The molecule has 0 aromatic rings. The van der Waals surface area contributed by atoms with E-state index in [1.165, 1.54) is 38.6 Å². The summed E-state index contributed by atoms with van der Waals surface area (Å²) in [4.78, 5) is 0. The third-order valence-electron chi connectivity index (χ3n) is 3.76. The van der Waals surface area contributed by atoms with Crippen molar-refractivity contribution in [3.63, 3.8) is 0 Å². The predicted octanol–water partition coefficient (Wildman–Crippen LogP) is 2.82. The Morgan fingerprint density at radius 2 is 2.06 bits per heavy atom. The average molecular weight is 243 g/mol. The molecule has 1 aliphatic carbocycles. The maximum atomic E-state index is 5.60. The first-order valence-corrected chi connectivity index (χ1v) is 7.70. The minimum absolute atomic E-state index is 0.457. The monoisotopic (exact) mass is 243 g/mol. The van der Waals surface area contributed by atoms with Crippen molar-refractivity contribution in [1.29, 1.82) is 0 Å². The molecule has 1 saturated heterocycles. The topological polar surface area (TPSA) is 21.3 Å². The standard InChI is InChI=1S/C13H25NOS/c1-10(9-14-12-5-3-4-6-12)16-13-7-8-15-11(13)2/h10-14H,3-9H2,1-2H3. The van der Waals surface area contributed by atoms with Gasteiger partial charge in [0.05, 0.1) is 6.10 Å². The van der Waals surface area contributed by atoms with E-state index in [0.29, 0.717) is 6.10 Å². The van der Waals surface area contributed by atoms with Gasteiger partial charge in [-0.25, -0.2) is 0 Å². The Morgan fingerprint density at radius 1 is 1.31 bits per heavy atom. The van der Waals surface area contributed by atoms with Gasteiger partial charge < -0.3 is 10.1 Å². The Balaban J connectivity index is 1.61. The maximum absolute atomic E-state index is 5.60. The molecule has 2 fully saturated rings. The molecule has 2 nitrogen and oxygen atoms in total. The van der Waals surface area contributed by atoms with Crippen molar-refractivity contribution < 1.29 is 4.74 Å². The number of thioether (sulfide) groups is 1. The van der Waals surface area contributed by atoms with E-state index in [-0.39, 0.29) is 0 Å². The van der Waals surface area contributed by atoms with Crippen molar-refractivity contribution in [2.45, 2.75) is 68.6 Å². The lowest BCUT2D eigenvalue weighted by Gasteiger charge is -2.21. The lowest BCUT2D eigenvalue weighted by molar-refractivity contribution is 0.127. The van der Waals surface area contributed by atoms with Gasteiger partial charge in [0.15, 0.2) is 0 Å². The van der Waals surface area contributed by atoms with Crippen molar-refractivity contribution in [1.82, 2.24) is 5.32 Å². The molecule has 1 N–H and O–H groups in total. The molecule has 2 aliphatic rings. The van der Waals surface area contributed by atoms with Crippen molar-refractivity contribution in [3.05, 3.63) is 0 Å². The summed E-state index contributed by atoms with van der Waals surface area (Å²) in [5.41, 5.74) is 0. The Hall–Kier alpha value is 0.270. The van der Waals surface area contributed by atoms with Crippen LogP contribution in [0, 0.1) is 0 Å². The minimum atomic E-state index is 0.457. The predicted molar refractivity (Wildman–Crippen MR) is 71.1 cm³/mol. The third-order valence-corrected chi connectivity index (χ3v) is 5.36. The van der Waals surface area contributed by atoms with E-state index in [2.05, 4.69) is 30.9 Å². The Kier molecular flexibility index (Phi) is 4.98. The summed E-state index contributed by atoms with van der Waals surface area (Å²) in [6, 6.07) is 0.806. The number of ether oxygens (including phenoxy) is 1. The zero-order valence-corrected chi connectivity index (χ0v) is 11.4. The van der Waals surface area contributed by atoms with Gasteiger partial charge >= 0.3 is 0 Å². The third kappa shape index (κ3) is 3.64. The molecule has 0 aromatic carbocycles. The molecular weight excluding hydrogens is 218 g/mol. The fraction of sp³-hybridized carbons (Fsp3) is 1.00. The number of nitrogens with one attached hydrogen (secondary N) is 1. The highest BCUT2D eigenvalue weighted by molar-refractivity contribution is 8.00. The van der Waals surface area contributed by atoms with Crippen LogP contribution >= 0.6 is 11.8 Å². The highest BCUT2D eigenvalue weighted by Gasteiger charge is 2.26. The van der Waals surface area contributed by atoms with Crippen LogP contribution in [0.4, 0.5) is 0 Å². The van der Waals surface area contributed by atoms with Crippen molar-refractivity contribution in [2.75, 3.05) is 13.2 Å². The molecule has 0 aromatic heterocycles. The van der Waals surface area contributed by atoms with Gasteiger partial charge in [-0.1, -0.05) is 19.8 Å². The second-order valence-corrected chi connectivity index (χ2v) is 6.92. The maximum Gasteiger partial charge on any atom is 0.0666 e. The summed E-state index contributed by atoms with van der Waals surface area (Å²) in [7, 11) is 0. The van der Waals surface area contributed by atoms with E-state index in [1.807, 2.05) is 0 Å². The van der Waals surface area contributed by atoms with Crippen LogP contribution in [0.15, 0.2) is 0 Å². The van der Waals surface area contributed by atoms with E-state index in [9.17, 15) is 0 Å². The molecule has 16 heavy (non-hydrogen) atoms. The van der Waals surface area contributed by atoms with Crippen molar-refractivity contribution in [3.8, 4) is 0 Å². The molecule has 3 unspecified atom stereocenters. The summed E-state index contributed by atoms with van der Waals surface area (Å²) in [5, 5.41) is 5.15. The number of rotatable bonds is 5. The first kappa shape index (κ1) is 12.7. The smallest absolute Gasteiger partial charge is 0.0666 e. The fourth-order valence-electron chi connectivity index (χ4n) is 2.70. The van der Waals surface area contributed by atoms with Crippen LogP contribution in [-0.2, 0) is 4.74 Å². The van der Waals surface area contributed by atoms with E-state index >= 15 is 0 Å². The highest BCUT2D eigenvalue weighted by Crippen LogP contribution is 2.29. The molecule has 1 aliphatic heterocycles. The zero-order chi connectivity index (χ0) is 11.4. The quantitative estimate of drug-likeness (QED) is 0.802. The molecule has 0 amide bonds. The first-order chi connectivity index (χ1) is 7.75. The fourth-order valence-corrected chi connectivity index (χ4v) is 4.02. The normalized spacial score (nSPS) is 33.4. The molecule has 3 heteroatoms. The van der Waals surface area contributed by atoms with Crippen LogP contribution in [0.2, 0.25) is 0 Å². The minimum Gasteiger partial charge on any atom is -0.377 e. The number of hydrogen-bond donors (Lipinski definition) is 1. The zero-order valence-electron chi connectivity index (χ0n) is 10.6. The first-order valence-electron chi connectivity index (χ1n) is 6.76. The van der Waals surface area contributed by atoms with Crippen LogP contribution in [0.5, 0.6) is 0 Å². The molecule has 3 atom stereocenters. The largest absolute Gasteiger partial charge is 0.377 e. The molecule has 0 spiro atoms. The molecule has 2 rings (SSSR count). The second-order valence-electron chi connectivity index (χ2n) is 5.24. The van der Waals surface area contributed by atoms with Crippen molar-refractivity contribution in [2.24, 2.45) is 0 Å². The number of hydrogen-bond acceptors (Lipinski definition) is 3. The van der Waals surface area contributed by atoms with Gasteiger partial charge in [-0.3, -0.25) is 0 Å². The van der Waals surface area contributed by atoms with Crippen LogP contribution in [-0.4, -0.2) is 35.8 Å².